The number of carbonyl (C=O) groups is 1. The molecule has 1 fully saturated rings. The molecule has 0 bridgehead atoms. The average Bonchev–Trinajstić information content (AvgIpc) is 3.04. The largest absolute Gasteiger partial charge is 0.373 e. The van der Waals surface area contributed by atoms with Crippen LogP contribution in [0.25, 0.3) is 43.3 Å². The summed E-state index contributed by atoms with van der Waals surface area (Å²) in [5.74, 6) is -0.389. The maximum Gasteiger partial charge on any atom is 0.274 e. The molecule has 1 saturated heterocycles. The van der Waals surface area contributed by atoms with Gasteiger partial charge < -0.3 is 9.80 Å². The maximum atomic E-state index is 14.8. The highest BCUT2D eigenvalue weighted by atomic mass is 35.5. The fourth-order valence-electron chi connectivity index (χ4n) is 6.51. The molecule has 45 heavy (non-hydrogen) atoms. The number of rotatable bonds is 5. The molecule has 4 aromatic carbocycles. The number of benzene rings is 4. The number of hydrogen-bond acceptors (Lipinski definition) is 3. The molecule has 6 rings (SSSR count). The van der Waals surface area contributed by atoms with Crippen LogP contribution in [0, 0.1) is 12.4 Å². The van der Waals surface area contributed by atoms with E-state index < -0.39 is 5.56 Å². The Hall–Kier alpha value is -4.93. The number of piperazine rings is 1. The van der Waals surface area contributed by atoms with Crippen molar-refractivity contribution in [2.45, 2.75) is 32.7 Å². The predicted molar refractivity (Wildman–Crippen MR) is 181 cm³/mol. The van der Waals surface area contributed by atoms with Crippen molar-refractivity contribution >= 4 is 50.6 Å². The van der Waals surface area contributed by atoms with Crippen molar-refractivity contribution in [3.8, 4) is 16.8 Å². The Morgan fingerprint density at radius 3 is 2.42 bits per heavy atom. The second-order valence-corrected chi connectivity index (χ2v) is 12.1. The first kappa shape index (κ1) is 30.1. The summed E-state index contributed by atoms with van der Waals surface area (Å²) in [6.45, 7) is 19.2. The third-order valence-corrected chi connectivity index (χ3v) is 9.00. The minimum absolute atomic E-state index is 0.00699. The molecule has 226 valence electrons. The number of aromatic nitrogens is 1. The molecule has 1 atom stereocenters. The van der Waals surface area contributed by atoms with E-state index in [-0.39, 0.29) is 29.4 Å². The van der Waals surface area contributed by atoms with E-state index in [0.717, 1.165) is 11.1 Å². The number of pyridine rings is 1. The molecule has 0 unspecified atom stereocenters. The van der Waals surface area contributed by atoms with E-state index in [9.17, 15) is 14.0 Å². The van der Waals surface area contributed by atoms with Crippen molar-refractivity contribution in [1.29, 1.82) is 0 Å². The highest BCUT2D eigenvalue weighted by Gasteiger charge is 2.31. The van der Waals surface area contributed by atoms with Gasteiger partial charge in [0.05, 0.1) is 23.5 Å². The van der Waals surface area contributed by atoms with E-state index in [0.29, 0.717) is 63.3 Å². The van der Waals surface area contributed by atoms with E-state index in [1.807, 2.05) is 60.4 Å². The van der Waals surface area contributed by atoms with Crippen molar-refractivity contribution in [2.75, 3.05) is 24.5 Å². The van der Waals surface area contributed by atoms with Gasteiger partial charge in [-0.05, 0) is 59.7 Å². The zero-order valence-corrected chi connectivity index (χ0v) is 26.1. The Bertz CT molecular complexity index is 2110. The second-order valence-electron chi connectivity index (χ2n) is 11.7. The fourth-order valence-corrected chi connectivity index (χ4v) is 6.78. The zero-order chi connectivity index (χ0) is 32.0. The van der Waals surface area contributed by atoms with E-state index in [1.54, 1.807) is 27.7 Å². The van der Waals surface area contributed by atoms with Gasteiger partial charge >= 0.3 is 0 Å². The molecular formula is C37H32ClFN4O2. The predicted octanol–water partition coefficient (Wildman–Crippen LogP) is 8.50. The Balaban J connectivity index is 1.71. The first-order valence-corrected chi connectivity index (χ1v) is 15.3. The summed E-state index contributed by atoms with van der Waals surface area (Å²) in [6.07, 6.45) is 1.30. The van der Waals surface area contributed by atoms with Crippen molar-refractivity contribution < 1.29 is 9.18 Å². The number of anilines is 1. The van der Waals surface area contributed by atoms with Crippen LogP contribution in [-0.4, -0.2) is 41.1 Å². The third-order valence-electron chi connectivity index (χ3n) is 8.68. The van der Waals surface area contributed by atoms with Crippen molar-refractivity contribution in [3.05, 3.63) is 124 Å². The van der Waals surface area contributed by atoms with Gasteiger partial charge in [-0.15, -0.1) is 0 Å². The highest BCUT2D eigenvalue weighted by Crippen LogP contribution is 2.43. The summed E-state index contributed by atoms with van der Waals surface area (Å²) in [6, 6.07) is 21.6. The lowest BCUT2D eigenvalue weighted by molar-refractivity contribution is -0.126. The quantitative estimate of drug-likeness (QED) is 0.147. The Morgan fingerprint density at radius 2 is 1.73 bits per heavy atom. The minimum Gasteiger partial charge on any atom is -0.373 e. The fraction of sp³-hybridized carbons (Fsp3) is 0.216. The van der Waals surface area contributed by atoms with Crippen LogP contribution >= 0.6 is 11.6 Å². The van der Waals surface area contributed by atoms with Crippen LogP contribution < -0.4 is 10.5 Å². The zero-order valence-electron chi connectivity index (χ0n) is 25.3. The summed E-state index contributed by atoms with van der Waals surface area (Å²) >= 11 is 7.08. The summed E-state index contributed by atoms with van der Waals surface area (Å²) in [7, 11) is 0. The van der Waals surface area contributed by atoms with Crippen molar-refractivity contribution in [1.82, 2.24) is 9.47 Å². The first-order chi connectivity index (χ1) is 21.7. The SMILES string of the molecule is [C-]#[N+]c1c(N2CCN(C(=O)C=C)C[C@@H]2C)c2cc(Cl)c(-c3ccc(F)c4ccccc34)cc2n(-c2ccccc2C(C)C)c1=O. The second kappa shape index (κ2) is 11.9. The van der Waals surface area contributed by atoms with Crippen LogP contribution in [0.1, 0.15) is 32.3 Å². The monoisotopic (exact) mass is 618 g/mol. The third kappa shape index (κ3) is 5.05. The molecule has 1 amide bonds. The lowest BCUT2D eigenvalue weighted by Crippen LogP contribution is -2.53. The van der Waals surface area contributed by atoms with Crippen LogP contribution in [0.15, 0.2) is 90.2 Å². The van der Waals surface area contributed by atoms with Crippen LogP contribution in [0.3, 0.4) is 0 Å². The summed E-state index contributed by atoms with van der Waals surface area (Å²) < 4.78 is 16.5. The van der Waals surface area contributed by atoms with Crippen LogP contribution in [0.5, 0.6) is 0 Å². The molecule has 0 saturated carbocycles. The van der Waals surface area contributed by atoms with E-state index in [4.69, 9.17) is 18.2 Å². The first-order valence-electron chi connectivity index (χ1n) is 14.9. The molecule has 0 spiro atoms. The van der Waals surface area contributed by atoms with Gasteiger partial charge in [-0.2, -0.15) is 0 Å². The van der Waals surface area contributed by atoms with Gasteiger partial charge in [0.1, 0.15) is 5.82 Å². The van der Waals surface area contributed by atoms with E-state index in [2.05, 4.69) is 25.3 Å². The Morgan fingerprint density at radius 1 is 1.02 bits per heavy atom. The minimum atomic E-state index is -0.436. The van der Waals surface area contributed by atoms with E-state index in [1.165, 1.54) is 12.1 Å². The average molecular weight is 619 g/mol. The molecule has 1 aliphatic heterocycles. The molecule has 8 heteroatoms. The van der Waals surface area contributed by atoms with Gasteiger partial charge in [0.15, 0.2) is 0 Å². The number of carbonyl (C=O) groups excluding carboxylic acids is 1. The topological polar surface area (TPSA) is 49.9 Å². The van der Waals surface area contributed by atoms with Gasteiger partial charge in [-0.1, -0.05) is 80.6 Å². The standard InChI is InChI=1S/C37H32ClFN4O2/c1-6-34(44)41-17-18-42(23(4)21-41)36-29-19-30(38)28(26-15-16-31(39)27-13-8-7-12-25(26)27)20-33(29)43(37(45)35(36)40-5)32-14-10-9-11-24(32)22(2)3/h6-16,19-20,22-23H,1,17-18,21H2,2-4H3/t23-/m0/s1. The van der Waals surface area contributed by atoms with Crippen LogP contribution in [-0.2, 0) is 4.79 Å². The number of halogens is 2. The normalized spacial score (nSPS) is 15.1. The van der Waals surface area contributed by atoms with Gasteiger partial charge in [-0.3, -0.25) is 14.2 Å². The smallest absolute Gasteiger partial charge is 0.274 e. The summed E-state index contributed by atoms with van der Waals surface area (Å²) in [5, 5.41) is 2.23. The number of nitrogens with zero attached hydrogens (tertiary/aromatic N) is 4. The molecule has 1 aliphatic rings. The number of amides is 1. The Kier molecular flexibility index (Phi) is 7.94. The highest BCUT2D eigenvalue weighted by molar-refractivity contribution is 6.35. The van der Waals surface area contributed by atoms with Crippen LogP contribution in [0.4, 0.5) is 15.8 Å². The maximum absolute atomic E-state index is 14.8. The summed E-state index contributed by atoms with van der Waals surface area (Å²) in [5.41, 5.74) is 3.66. The van der Waals surface area contributed by atoms with E-state index >= 15 is 0 Å². The van der Waals surface area contributed by atoms with Gasteiger partial charge in [0, 0.05) is 47.0 Å². The van der Waals surface area contributed by atoms with Crippen LogP contribution in [0.2, 0.25) is 5.02 Å². The van der Waals surface area contributed by atoms with Crippen molar-refractivity contribution in [2.24, 2.45) is 0 Å². The lowest BCUT2D eigenvalue weighted by Gasteiger charge is -2.42. The number of fused-ring (bicyclic) bond motifs is 2. The molecular weight excluding hydrogens is 587 g/mol. The molecule has 0 N–H and O–H groups in total. The summed E-state index contributed by atoms with van der Waals surface area (Å²) in [4.78, 5) is 34.5. The molecule has 1 aromatic heterocycles. The molecule has 5 aromatic rings. The number of para-hydroxylation sites is 1. The lowest BCUT2D eigenvalue weighted by atomic mass is 9.95. The van der Waals surface area contributed by atoms with Gasteiger partial charge in [0.2, 0.25) is 5.91 Å². The number of hydrogen-bond donors (Lipinski definition) is 0. The Labute approximate surface area is 266 Å². The van der Waals surface area contributed by atoms with Gasteiger partial charge in [0.25, 0.3) is 11.2 Å². The van der Waals surface area contributed by atoms with Gasteiger partial charge in [-0.25, -0.2) is 9.24 Å². The molecule has 6 nitrogen and oxygen atoms in total. The molecule has 2 heterocycles. The molecule has 0 radical (unpaired) electrons. The molecule has 0 aliphatic carbocycles. The van der Waals surface area contributed by atoms with Crippen molar-refractivity contribution in [3.63, 3.8) is 0 Å².